The van der Waals surface area contributed by atoms with Gasteiger partial charge >= 0.3 is 5.97 Å². The summed E-state index contributed by atoms with van der Waals surface area (Å²) in [5, 5.41) is 8.41. The first-order valence-electron chi connectivity index (χ1n) is 3.50. The predicted octanol–water partition coefficient (Wildman–Crippen LogP) is -0.473. The first-order valence-corrected chi connectivity index (χ1v) is 4.64. The van der Waals surface area contributed by atoms with Crippen LogP contribution >= 0.6 is 0 Å². The molecule has 0 heterocycles. The Morgan fingerprint density at radius 2 is 2.33 bits per heavy atom. The molecule has 0 aliphatic rings. The summed E-state index contributed by atoms with van der Waals surface area (Å²) in [4.78, 5) is 10.6. The predicted molar refractivity (Wildman–Crippen MR) is 40.8 cm³/mol. The number of carbonyl (C=O) groups is 1. The van der Waals surface area contributed by atoms with Gasteiger partial charge in [-0.15, -0.1) is 0 Å². The average molecular weight is 195 g/mol. The van der Waals surface area contributed by atoms with Gasteiger partial charge in [0.05, 0.1) is 0 Å². The maximum absolute atomic E-state index is 10.6. The normalized spacial score (nSPS) is 15.2. The molecule has 0 fully saturated rings. The zero-order valence-corrected chi connectivity index (χ0v) is 7.50. The van der Waals surface area contributed by atoms with E-state index in [1.807, 2.05) is 0 Å². The molecule has 0 bridgehead atoms. The maximum Gasteiger partial charge on any atom is 0.306 e. The maximum atomic E-state index is 10.6. The highest BCUT2D eigenvalue weighted by Crippen LogP contribution is 2.03. The molecule has 0 spiro atoms. The van der Waals surface area contributed by atoms with Gasteiger partial charge in [0.25, 0.3) is 0 Å². The molecule has 0 saturated heterocycles. The molecule has 0 aromatic carbocycles. The number of hydrogen-bond acceptors (Lipinski definition) is 5. The summed E-state index contributed by atoms with van der Waals surface area (Å²) in [6, 6.07) is 0. The van der Waals surface area contributed by atoms with Crippen molar-refractivity contribution in [1.82, 2.24) is 0 Å². The molecule has 0 amide bonds. The molecule has 12 heavy (non-hydrogen) atoms. The van der Waals surface area contributed by atoms with Crippen LogP contribution in [0.25, 0.3) is 0 Å². The zero-order valence-electron chi connectivity index (χ0n) is 6.69. The summed E-state index contributed by atoms with van der Waals surface area (Å²) in [6.07, 6.45) is 0.0426. The van der Waals surface area contributed by atoms with Crippen molar-refractivity contribution in [1.29, 1.82) is 0 Å². The minimum atomic E-state index is -2.48. The van der Waals surface area contributed by atoms with Crippen molar-refractivity contribution in [3.8, 4) is 0 Å². The molecule has 0 radical (unpaired) electrons. The Morgan fingerprint density at radius 1 is 1.75 bits per heavy atom. The van der Waals surface area contributed by atoms with E-state index < -0.39 is 22.5 Å². The molecule has 0 aliphatic carbocycles. The summed E-state index contributed by atoms with van der Waals surface area (Å²) in [7, 11) is 0. The monoisotopic (exact) mass is 195 g/mol. The molecule has 2 atom stereocenters. The molecule has 6 heteroatoms. The van der Waals surface area contributed by atoms with Gasteiger partial charge in [0.15, 0.2) is 5.44 Å². The fourth-order valence-electron chi connectivity index (χ4n) is 0.530. The van der Waals surface area contributed by atoms with Crippen LogP contribution in [0.4, 0.5) is 0 Å². The molecule has 1 N–H and O–H groups in total. The van der Waals surface area contributed by atoms with E-state index in [0.717, 1.165) is 0 Å². The molecule has 72 valence electrons. The summed E-state index contributed by atoms with van der Waals surface area (Å²) in [5.41, 5.74) is -1.22. The van der Waals surface area contributed by atoms with Gasteiger partial charge in [-0.1, -0.05) is 6.92 Å². The Kier molecular flexibility index (Phi) is 5.87. The molecule has 0 saturated carbocycles. The van der Waals surface area contributed by atoms with Gasteiger partial charge in [0.2, 0.25) is 0 Å². The minimum Gasteiger partial charge on any atom is -0.770 e. The second kappa shape index (κ2) is 6.10. The van der Waals surface area contributed by atoms with Crippen LogP contribution in [0.5, 0.6) is 0 Å². The van der Waals surface area contributed by atoms with Crippen LogP contribution in [0, 0.1) is 0 Å². The van der Waals surface area contributed by atoms with Crippen molar-refractivity contribution in [2.24, 2.45) is 0 Å². The number of rotatable bonds is 5. The van der Waals surface area contributed by atoms with Gasteiger partial charge in [-0.05, 0) is 11.1 Å². The lowest BCUT2D eigenvalue weighted by Crippen LogP contribution is -2.23. The Balaban J connectivity index is 3.95. The summed E-state index contributed by atoms with van der Waals surface area (Å²) >= 11 is -2.48. The summed E-state index contributed by atoms with van der Waals surface area (Å²) < 4.78 is 25.2. The second-order valence-corrected chi connectivity index (χ2v) is 3.09. The SMILES string of the molecule is CCC(=O)OC(CCO)S(=O)[O-]. The van der Waals surface area contributed by atoms with E-state index in [2.05, 4.69) is 4.74 Å². The molecule has 0 rings (SSSR count). The Morgan fingerprint density at radius 3 is 2.67 bits per heavy atom. The first-order chi connectivity index (χ1) is 5.61. The molecule has 0 aliphatic heterocycles. The van der Waals surface area contributed by atoms with Crippen LogP contribution in [0.3, 0.4) is 0 Å². The quantitative estimate of drug-likeness (QED) is 0.473. The van der Waals surface area contributed by atoms with Crippen LogP contribution in [0.2, 0.25) is 0 Å². The fourth-order valence-corrected chi connectivity index (χ4v) is 1.01. The Labute approximate surface area is 73.0 Å². The van der Waals surface area contributed by atoms with Crippen LogP contribution in [-0.4, -0.2) is 31.9 Å². The molecule has 2 unspecified atom stereocenters. The van der Waals surface area contributed by atoms with E-state index in [4.69, 9.17) is 5.11 Å². The van der Waals surface area contributed by atoms with Crippen LogP contribution in [-0.2, 0) is 20.6 Å². The third-order valence-corrected chi connectivity index (χ3v) is 1.89. The third-order valence-electron chi connectivity index (χ3n) is 1.13. The second-order valence-electron chi connectivity index (χ2n) is 2.05. The van der Waals surface area contributed by atoms with Gasteiger partial charge in [0.1, 0.15) is 0 Å². The van der Waals surface area contributed by atoms with E-state index in [0.29, 0.717) is 0 Å². The van der Waals surface area contributed by atoms with Crippen molar-refractivity contribution >= 4 is 17.0 Å². The van der Waals surface area contributed by atoms with Gasteiger partial charge in [-0.3, -0.25) is 9.00 Å². The lowest BCUT2D eigenvalue weighted by atomic mass is 10.4. The van der Waals surface area contributed by atoms with E-state index in [1.165, 1.54) is 0 Å². The lowest BCUT2D eigenvalue weighted by Gasteiger charge is -2.18. The van der Waals surface area contributed by atoms with E-state index in [9.17, 15) is 13.6 Å². The number of ether oxygens (including phenoxy) is 1. The van der Waals surface area contributed by atoms with Crippen LogP contribution < -0.4 is 0 Å². The van der Waals surface area contributed by atoms with Crippen molar-refractivity contribution in [2.75, 3.05) is 6.61 Å². The van der Waals surface area contributed by atoms with Crippen LogP contribution in [0.1, 0.15) is 19.8 Å². The fraction of sp³-hybridized carbons (Fsp3) is 0.833. The number of aliphatic hydroxyl groups is 1. The van der Waals surface area contributed by atoms with Crippen molar-refractivity contribution in [3.63, 3.8) is 0 Å². The lowest BCUT2D eigenvalue weighted by molar-refractivity contribution is -0.145. The smallest absolute Gasteiger partial charge is 0.306 e. The van der Waals surface area contributed by atoms with Crippen molar-refractivity contribution < 1.29 is 23.4 Å². The molecular weight excluding hydrogens is 184 g/mol. The Hall–Kier alpha value is -0.460. The molecule has 0 aromatic heterocycles. The topological polar surface area (TPSA) is 86.7 Å². The molecule has 0 aromatic rings. The number of carbonyl (C=O) groups excluding carboxylic acids is 1. The summed E-state index contributed by atoms with van der Waals surface area (Å²) in [5.74, 6) is -0.586. The Bertz CT molecular complexity index is 167. The van der Waals surface area contributed by atoms with Gasteiger partial charge in [-0.2, -0.15) is 0 Å². The largest absolute Gasteiger partial charge is 0.770 e. The molecule has 5 nitrogen and oxygen atoms in total. The molecular formula is C6H11O5S-. The highest BCUT2D eigenvalue weighted by Gasteiger charge is 2.12. The van der Waals surface area contributed by atoms with E-state index in [-0.39, 0.29) is 19.4 Å². The number of esters is 1. The van der Waals surface area contributed by atoms with Gasteiger partial charge in [0, 0.05) is 19.4 Å². The third kappa shape index (κ3) is 4.42. The van der Waals surface area contributed by atoms with Crippen molar-refractivity contribution in [2.45, 2.75) is 25.2 Å². The number of aliphatic hydroxyl groups excluding tert-OH is 1. The highest BCUT2D eigenvalue weighted by atomic mass is 32.2. The number of hydrogen-bond donors (Lipinski definition) is 1. The van der Waals surface area contributed by atoms with E-state index in [1.54, 1.807) is 6.92 Å². The first kappa shape index (κ1) is 11.5. The highest BCUT2D eigenvalue weighted by molar-refractivity contribution is 7.79. The van der Waals surface area contributed by atoms with Crippen molar-refractivity contribution in [3.05, 3.63) is 0 Å². The minimum absolute atomic E-state index is 0.0815. The van der Waals surface area contributed by atoms with Gasteiger partial charge in [-0.25, -0.2) is 0 Å². The van der Waals surface area contributed by atoms with E-state index >= 15 is 0 Å². The average Bonchev–Trinajstić information content (AvgIpc) is 2.03. The van der Waals surface area contributed by atoms with Crippen LogP contribution in [0.15, 0.2) is 0 Å². The standard InChI is InChI=1S/C6H12O5S/c1-2-5(8)11-6(3-4-7)12(9)10/h6-7H,2-4H2,1H3,(H,9,10)/p-1. The zero-order chi connectivity index (χ0) is 9.56. The summed E-state index contributed by atoms with van der Waals surface area (Å²) in [6.45, 7) is 1.24. The van der Waals surface area contributed by atoms with Gasteiger partial charge < -0.3 is 14.4 Å².